The van der Waals surface area contributed by atoms with Gasteiger partial charge >= 0.3 is 0 Å². The van der Waals surface area contributed by atoms with Gasteiger partial charge in [0.15, 0.2) is 0 Å². The van der Waals surface area contributed by atoms with Gasteiger partial charge in [0, 0.05) is 24.4 Å². The van der Waals surface area contributed by atoms with Gasteiger partial charge in [0.05, 0.1) is 10.7 Å². The fourth-order valence-electron chi connectivity index (χ4n) is 2.75. The lowest BCUT2D eigenvalue weighted by molar-refractivity contribution is 0.343. The van der Waals surface area contributed by atoms with Gasteiger partial charge < -0.3 is 10.2 Å². The fourth-order valence-corrected chi connectivity index (χ4v) is 3.83. The van der Waals surface area contributed by atoms with Gasteiger partial charge in [-0.1, -0.05) is 20.3 Å². The van der Waals surface area contributed by atoms with Crippen LogP contribution in [0.2, 0.25) is 0 Å². The molecule has 0 bridgehead atoms. The van der Waals surface area contributed by atoms with Gasteiger partial charge in [-0.15, -0.1) is 11.3 Å². The smallest absolute Gasteiger partial charge is 0.0944 e. The van der Waals surface area contributed by atoms with Crippen molar-refractivity contribution in [2.24, 2.45) is 0 Å². The minimum Gasteiger partial charge on any atom is -0.312 e. The van der Waals surface area contributed by atoms with E-state index in [9.17, 15) is 0 Å². The molecule has 2 heterocycles. The van der Waals surface area contributed by atoms with Crippen molar-refractivity contribution in [1.29, 1.82) is 0 Å². The number of nitrogens with one attached hydrogen (secondary N) is 1. The highest BCUT2D eigenvalue weighted by molar-refractivity contribution is 7.11. The zero-order valence-corrected chi connectivity index (χ0v) is 13.9. The number of rotatable bonds is 9. The number of aryl methyl sites for hydroxylation is 1. The molecular formula is C16H29N3S. The summed E-state index contributed by atoms with van der Waals surface area (Å²) in [7, 11) is 0. The van der Waals surface area contributed by atoms with Crippen LogP contribution in [0.4, 0.5) is 0 Å². The van der Waals surface area contributed by atoms with Crippen molar-refractivity contribution < 1.29 is 0 Å². The molecule has 1 saturated heterocycles. The summed E-state index contributed by atoms with van der Waals surface area (Å²) in [5.41, 5.74) is 1.34. The Morgan fingerprint density at radius 1 is 1.15 bits per heavy atom. The third-order valence-corrected chi connectivity index (χ3v) is 5.02. The number of likely N-dealkylation sites (tertiary alicyclic amines) is 1. The summed E-state index contributed by atoms with van der Waals surface area (Å²) in [6.45, 7) is 10.3. The topological polar surface area (TPSA) is 28.2 Å². The predicted octanol–water partition coefficient (Wildman–Crippen LogP) is 3.23. The molecule has 0 unspecified atom stereocenters. The Morgan fingerprint density at radius 2 is 1.95 bits per heavy atom. The summed E-state index contributed by atoms with van der Waals surface area (Å²) in [6.07, 6.45) is 7.41. The summed E-state index contributed by atoms with van der Waals surface area (Å²) in [5.74, 6) is 0. The van der Waals surface area contributed by atoms with Crippen molar-refractivity contribution in [3.8, 4) is 0 Å². The van der Waals surface area contributed by atoms with Crippen molar-refractivity contribution in [2.75, 3.05) is 26.2 Å². The molecule has 0 spiro atoms. The number of hydrogen-bond acceptors (Lipinski definition) is 4. The Labute approximate surface area is 127 Å². The first-order chi connectivity index (χ1) is 9.83. The van der Waals surface area contributed by atoms with E-state index in [1.807, 2.05) is 11.3 Å². The first kappa shape index (κ1) is 15.9. The molecule has 1 aromatic rings. The summed E-state index contributed by atoms with van der Waals surface area (Å²) in [5, 5.41) is 4.86. The van der Waals surface area contributed by atoms with E-state index in [0.717, 1.165) is 25.9 Å². The van der Waals surface area contributed by atoms with Crippen LogP contribution in [-0.4, -0.2) is 36.1 Å². The lowest BCUT2D eigenvalue weighted by Gasteiger charge is -2.12. The monoisotopic (exact) mass is 295 g/mol. The van der Waals surface area contributed by atoms with Gasteiger partial charge in [-0.2, -0.15) is 0 Å². The largest absolute Gasteiger partial charge is 0.312 e. The summed E-state index contributed by atoms with van der Waals surface area (Å²) in [4.78, 5) is 8.94. The van der Waals surface area contributed by atoms with Gasteiger partial charge in [-0.3, -0.25) is 0 Å². The van der Waals surface area contributed by atoms with Crippen LogP contribution in [0.5, 0.6) is 0 Å². The standard InChI is InChI=1S/C16H29N3S/c1-3-7-14-15(13-17-9-4-2)20-16(18-14)8-12-19-10-5-6-11-19/h17H,3-13H2,1-2H3. The minimum absolute atomic E-state index is 1.00. The third kappa shape index (κ3) is 4.83. The second kappa shape index (κ2) is 8.75. The average Bonchev–Trinajstić information content (AvgIpc) is 3.07. The van der Waals surface area contributed by atoms with E-state index in [0.29, 0.717) is 0 Å². The molecule has 0 aliphatic carbocycles. The Morgan fingerprint density at radius 3 is 2.65 bits per heavy atom. The predicted molar refractivity (Wildman–Crippen MR) is 87.5 cm³/mol. The van der Waals surface area contributed by atoms with Crippen LogP contribution in [0.15, 0.2) is 0 Å². The second-order valence-electron chi connectivity index (χ2n) is 5.70. The van der Waals surface area contributed by atoms with Crippen molar-refractivity contribution in [3.63, 3.8) is 0 Å². The Bertz CT molecular complexity index is 383. The molecule has 3 nitrogen and oxygen atoms in total. The zero-order valence-electron chi connectivity index (χ0n) is 13.1. The van der Waals surface area contributed by atoms with Crippen molar-refractivity contribution in [2.45, 2.75) is 58.9 Å². The van der Waals surface area contributed by atoms with Crippen molar-refractivity contribution in [1.82, 2.24) is 15.2 Å². The Hall–Kier alpha value is -0.450. The van der Waals surface area contributed by atoms with Gasteiger partial charge in [0.1, 0.15) is 0 Å². The molecule has 1 fully saturated rings. The van der Waals surface area contributed by atoms with Crippen LogP contribution in [-0.2, 0) is 19.4 Å². The molecule has 4 heteroatoms. The summed E-state index contributed by atoms with van der Waals surface area (Å²) in [6, 6.07) is 0. The number of hydrogen-bond donors (Lipinski definition) is 1. The number of aromatic nitrogens is 1. The molecule has 0 radical (unpaired) electrons. The number of thiazole rings is 1. The van der Waals surface area contributed by atoms with E-state index in [2.05, 4.69) is 24.1 Å². The molecule has 1 aliphatic rings. The highest BCUT2D eigenvalue weighted by atomic mass is 32.1. The fraction of sp³-hybridized carbons (Fsp3) is 0.812. The third-order valence-electron chi connectivity index (χ3n) is 3.86. The maximum atomic E-state index is 4.89. The molecule has 0 aromatic carbocycles. The molecular weight excluding hydrogens is 266 g/mol. The molecule has 1 aliphatic heterocycles. The van der Waals surface area contributed by atoms with Gasteiger partial charge in [-0.25, -0.2) is 4.98 Å². The highest BCUT2D eigenvalue weighted by Crippen LogP contribution is 2.21. The molecule has 114 valence electrons. The highest BCUT2D eigenvalue weighted by Gasteiger charge is 2.14. The quantitative estimate of drug-likeness (QED) is 0.709. The van der Waals surface area contributed by atoms with Crippen LogP contribution in [0, 0.1) is 0 Å². The number of nitrogens with zero attached hydrogens (tertiary/aromatic N) is 2. The summed E-state index contributed by atoms with van der Waals surface area (Å²) >= 11 is 1.93. The SMILES string of the molecule is CCCNCc1sc(CCN2CCCC2)nc1CCC. The van der Waals surface area contributed by atoms with Gasteiger partial charge in [0.2, 0.25) is 0 Å². The molecule has 1 aromatic heterocycles. The van der Waals surface area contributed by atoms with Crippen LogP contribution in [0.25, 0.3) is 0 Å². The average molecular weight is 295 g/mol. The Kier molecular flexibility index (Phi) is 6.97. The van der Waals surface area contributed by atoms with E-state index in [1.165, 1.54) is 60.9 Å². The van der Waals surface area contributed by atoms with Gasteiger partial charge in [-0.05, 0) is 45.3 Å². The van der Waals surface area contributed by atoms with Crippen LogP contribution in [0.1, 0.15) is 55.1 Å². The van der Waals surface area contributed by atoms with Crippen LogP contribution in [0.3, 0.4) is 0 Å². The first-order valence-corrected chi connectivity index (χ1v) is 9.05. The lowest BCUT2D eigenvalue weighted by atomic mass is 10.2. The van der Waals surface area contributed by atoms with E-state index in [1.54, 1.807) is 0 Å². The maximum Gasteiger partial charge on any atom is 0.0944 e. The van der Waals surface area contributed by atoms with Crippen molar-refractivity contribution >= 4 is 11.3 Å². The van der Waals surface area contributed by atoms with E-state index >= 15 is 0 Å². The minimum atomic E-state index is 1.00. The van der Waals surface area contributed by atoms with Crippen LogP contribution < -0.4 is 5.32 Å². The van der Waals surface area contributed by atoms with Gasteiger partial charge in [0.25, 0.3) is 0 Å². The Balaban J connectivity index is 1.88. The first-order valence-electron chi connectivity index (χ1n) is 8.24. The van der Waals surface area contributed by atoms with E-state index in [-0.39, 0.29) is 0 Å². The van der Waals surface area contributed by atoms with E-state index in [4.69, 9.17) is 4.98 Å². The maximum absolute atomic E-state index is 4.89. The molecule has 0 atom stereocenters. The van der Waals surface area contributed by atoms with Crippen molar-refractivity contribution in [3.05, 3.63) is 15.6 Å². The molecule has 2 rings (SSSR count). The summed E-state index contributed by atoms with van der Waals surface area (Å²) < 4.78 is 0. The molecule has 0 saturated carbocycles. The van der Waals surface area contributed by atoms with Crippen LogP contribution >= 0.6 is 11.3 Å². The molecule has 0 amide bonds. The lowest BCUT2D eigenvalue weighted by Crippen LogP contribution is -2.21. The molecule has 1 N–H and O–H groups in total. The zero-order chi connectivity index (χ0) is 14.2. The second-order valence-corrected chi connectivity index (χ2v) is 6.87. The normalized spacial score (nSPS) is 16.1. The molecule has 20 heavy (non-hydrogen) atoms. The van der Waals surface area contributed by atoms with E-state index < -0.39 is 0 Å².